The van der Waals surface area contributed by atoms with Crippen molar-refractivity contribution in [3.8, 4) is 0 Å². The SMILES string of the molecule is COC(=O)C1=C(C(=O)OC)N(c2ccc(C(=O)Nc3ccccn3)cc2)C=CC=C1. The van der Waals surface area contributed by atoms with Crippen molar-refractivity contribution in [2.24, 2.45) is 0 Å². The predicted molar refractivity (Wildman–Crippen MR) is 110 cm³/mol. The number of aromatic nitrogens is 1. The number of hydrogen-bond donors (Lipinski definition) is 1. The zero-order valence-electron chi connectivity index (χ0n) is 16.4. The number of anilines is 2. The Bertz CT molecular complexity index is 1040. The normalized spacial score (nSPS) is 12.9. The van der Waals surface area contributed by atoms with Crippen molar-refractivity contribution in [2.45, 2.75) is 0 Å². The summed E-state index contributed by atoms with van der Waals surface area (Å²) in [5.41, 5.74) is 0.996. The first-order valence-electron chi connectivity index (χ1n) is 8.92. The molecule has 0 spiro atoms. The highest BCUT2D eigenvalue weighted by atomic mass is 16.5. The van der Waals surface area contributed by atoms with E-state index in [1.165, 1.54) is 25.2 Å². The van der Waals surface area contributed by atoms with E-state index in [2.05, 4.69) is 10.3 Å². The maximum absolute atomic E-state index is 12.4. The molecular formula is C22H19N3O5. The minimum Gasteiger partial charge on any atom is -0.465 e. The van der Waals surface area contributed by atoms with E-state index in [9.17, 15) is 14.4 Å². The largest absolute Gasteiger partial charge is 0.465 e. The van der Waals surface area contributed by atoms with Crippen molar-refractivity contribution in [1.29, 1.82) is 0 Å². The van der Waals surface area contributed by atoms with E-state index < -0.39 is 11.9 Å². The maximum Gasteiger partial charge on any atom is 0.355 e. The summed E-state index contributed by atoms with van der Waals surface area (Å²) >= 11 is 0. The third-order valence-corrected chi connectivity index (χ3v) is 4.20. The summed E-state index contributed by atoms with van der Waals surface area (Å²) in [5.74, 6) is -1.27. The van der Waals surface area contributed by atoms with Gasteiger partial charge in [-0.15, -0.1) is 0 Å². The number of ether oxygens (including phenoxy) is 2. The van der Waals surface area contributed by atoms with E-state index in [-0.39, 0.29) is 17.2 Å². The van der Waals surface area contributed by atoms with Crippen LogP contribution < -0.4 is 10.2 Å². The highest BCUT2D eigenvalue weighted by Crippen LogP contribution is 2.26. The monoisotopic (exact) mass is 405 g/mol. The summed E-state index contributed by atoms with van der Waals surface area (Å²) < 4.78 is 9.66. The number of esters is 2. The Hall–Kier alpha value is -4.20. The molecule has 1 aliphatic heterocycles. The standard InChI is InChI=1S/C22H19N3O5/c1-29-21(27)17-7-4-6-14-25(19(17)22(28)30-2)16-11-9-15(10-12-16)20(26)24-18-8-3-5-13-23-18/h3-14H,1-2H3,(H,23,24,26). The van der Waals surface area contributed by atoms with Gasteiger partial charge in [0.1, 0.15) is 11.5 Å². The first kappa shape index (κ1) is 20.5. The van der Waals surface area contributed by atoms with Gasteiger partial charge in [0.2, 0.25) is 0 Å². The average molecular weight is 405 g/mol. The molecule has 3 rings (SSSR count). The second-order valence-corrected chi connectivity index (χ2v) is 6.03. The predicted octanol–water partition coefficient (Wildman–Crippen LogP) is 2.82. The van der Waals surface area contributed by atoms with Gasteiger partial charge in [-0.2, -0.15) is 0 Å². The minimum absolute atomic E-state index is 0.0000343. The van der Waals surface area contributed by atoms with Gasteiger partial charge in [-0.3, -0.25) is 4.79 Å². The molecule has 8 nitrogen and oxygen atoms in total. The third kappa shape index (κ3) is 4.44. The Morgan fingerprint density at radius 1 is 0.933 bits per heavy atom. The molecule has 0 saturated heterocycles. The van der Waals surface area contributed by atoms with Crippen LogP contribution in [0.15, 0.2) is 84.4 Å². The molecule has 0 unspecified atom stereocenters. The number of hydrogen-bond acceptors (Lipinski definition) is 7. The molecule has 30 heavy (non-hydrogen) atoms. The molecule has 0 bridgehead atoms. The zero-order chi connectivity index (χ0) is 21.5. The molecule has 0 saturated carbocycles. The highest BCUT2D eigenvalue weighted by Gasteiger charge is 2.27. The second-order valence-electron chi connectivity index (χ2n) is 6.03. The number of carbonyl (C=O) groups excluding carboxylic acids is 3. The Balaban J connectivity index is 1.92. The van der Waals surface area contributed by atoms with Gasteiger partial charge in [-0.25, -0.2) is 14.6 Å². The molecule has 0 aliphatic carbocycles. The van der Waals surface area contributed by atoms with Crippen LogP contribution in [0.2, 0.25) is 0 Å². The van der Waals surface area contributed by atoms with Crippen LogP contribution in [0.25, 0.3) is 0 Å². The number of carbonyl (C=O) groups is 3. The van der Waals surface area contributed by atoms with Crippen LogP contribution in [0.1, 0.15) is 10.4 Å². The van der Waals surface area contributed by atoms with Gasteiger partial charge in [0.25, 0.3) is 5.91 Å². The molecule has 2 aromatic rings. The van der Waals surface area contributed by atoms with Gasteiger partial charge in [-0.05, 0) is 48.6 Å². The third-order valence-electron chi connectivity index (χ3n) is 4.20. The van der Waals surface area contributed by atoms with Gasteiger partial charge in [-0.1, -0.05) is 12.1 Å². The van der Waals surface area contributed by atoms with E-state index in [0.717, 1.165) is 0 Å². The lowest BCUT2D eigenvalue weighted by Crippen LogP contribution is -2.27. The lowest BCUT2D eigenvalue weighted by atomic mass is 10.1. The summed E-state index contributed by atoms with van der Waals surface area (Å²) in [7, 11) is 2.46. The number of nitrogens with zero attached hydrogens (tertiary/aromatic N) is 2. The number of pyridine rings is 1. The van der Waals surface area contributed by atoms with Crippen LogP contribution in [0, 0.1) is 0 Å². The van der Waals surface area contributed by atoms with Crippen molar-refractivity contribution in [1.82, 2.24) is 4.98 Å². The first-order valence-corrected chi connectivity index (χ1v) is 8.92. The topological polar surface area (TPSA) is 97.8 Å². The molecule has 152 valence electrons. The fourth-order valence-electron chi connectivity index (χ4n) is 2.76. The Labute approximate surface area is 173 Å². The minimum atomic E-state index is -0.705. The van der Waals surface area contributed by atoms with Crippen LogP contribution in [-0.4, -0.2) is 37.0 Å². The van der Waals surface area contributed by atoms with Gasteiger partial charge < -0.3 is 19.7 Å². The van der Waals surface area contributed by atoms with E-state index in [1.54, 1.807) is 67.0 Å². The second kappa shape index (κ2) is 9.33. The van der Waals surface area contributed by atoms with Crippen molar-refractivity contribution in [3.63, 3.8) is 0 Å². The molecular weight excluding hydrogens is 386 g/mol. The van der Waals surface area contributed by atoms with Crippen LogP contribution in [0.3, 0.4) is 0 Å². The molecule has 1 aromatic carbocycles. The number of allylic oxidation sites excluding steroid dienone is 2. The zero-order valence-corrected chi connectivity index (χ0v) is 16.4. The number of rotatable bonds is 5. The van der Waals surface area contributed by atoms with E-state index in [4.69, 9.17) is 9.47 Å². The van der Waals surface area contributed by atoms with E-state index in [0.29, 0.717) is 17.1 Å². The molecule has 1 N–H and O–H groups in total. The smallest absolute Gasteiger partial charge is 0.355 e. The maximum atomic E-state index is 12.4. The summed E-state index contributed by atoms with van der Waals surface area (Å²) in [6.07, 6.45) is 7.95. The summed E-state index contributed by atoms with van der Waals surface area (Å²) in [6, 6.07) is 11.7. The lowest BCUT2D eigenvalue weighted by molar-refractivity contribution is -0.139. The average Bonchev–Trinajstić information content (AvgIpc) is 3.02. The molecule has 0 radical (unpaired) electrons. The van der Waals surface area contributed by atoms with Crippen molar-refractivity contribution in [3.05, 3.63) is 89.9 Å². The fraction of sp³-hybridized carbons (Fsp3) is 0.0909. The molecule has 1 amide bonds. The molecule has 1 aromatic heterocycles. The molecule has 0 atom stereocenters. The van der Waals surface area contributed by atoms with Crippen LogP contribution in [0.4, 0.5) is 11.5 Å². The van der Waals surface area contributed by atoms with E-state index >= 15 is 0 Å². The van der Waals surface area contributed by atoms with Gasteiger partial charge in [0.15, 0.2) is 0 Å². The number of amides is 1. The summed E-state index contributed by atoms with van der Waals surface area (Å²) in [4.78, 5) is 42.6. The van der Waals surface area contributed by atoms with Gasteiger partial charge in [0.05, 0.1) is 19.8 Å². The molecule has 0 fully saturated rings. The number of benzene rings is 1. The quantitative estimate of drug-likeness (QED) is 0.764. The van der Waals surface area contributed by atoms with Crippen LogP contribution in [-0.2, 0) is 19.1 Å². The Morgan fingerprint density at radius 3 is 2.30 bits per heavy atom. The Kier molecular flexibility index (Phi) is 6.39. The summed E-state index contributed by atoms with van der Waals surface area (Å²) in [5, 5.41) is 2.70. The van der Waals surface area contributed by atoms with Crippen molar-refractivity contribution < 1.29 is 23.9 Å². The fourth-order valence-corrected chi connectivity index (χ4v) is 2.76. The van der Waals surface area contributed by atoms with Crippen LogP contribution in [0.5, 0.6) is 0 Å². The summed E-state index contributed by atoms with van der Waals surface area (Å²) in [6.45, 7) is 0. The van der Waals surface area contributed by atoms with Gasteiger partial charge >= 0.3 is 11.9 Å². The van der Waals surface area contributed by atoms with Gasteiger partial charge in [0, 0.05) is 23.6 Å². The molecule has 2 heterocycles. The first-order chi connectivity index (χ1) is 14.5. The van der Waals surface area contributed by atoms with Crippen molar-refractivity contribution in [2.75, 3.05) is 24.4 Å². The van der Waals surface area contributed by atoms with Crippen molar-refractivity contribution >= 4 is 29.4 Å². The lowest BCUT2D eigenvalue weighted by Gasteiger charge is -2.23. The number of nitrogens with one attached hydrogen (secondary N) is 1. The molecule has 8 heteroatoms. The number of methoxy groups -OCH3 is 2. The van der Waals surface area contributed by atoms with E-state index in [1.807, 2.05) is 0 Å². The highest BCUT2D eigenvalue weighted by molar-refractivity contribution is 6.06. The van der Waals surface area contributed by atoms with Crippen LogP contribution >= 0.6 is 0 Å². The molecule has 1 aliphatic rings. The Morgan fingerprint density at radius 2 is 1.67 bits per heavy atom.